The number of carbonyl (C=O) groups is 1. The SMILES string of the molecule is COC(=O)N1CCS[C@@H]1C. The zero-order valence-corrected chi connectivity index (χ0v) is 6.98. The van der Waals surface area contributed by atoms with Gasteiger partial charge in [-0.1, -0.05) is 0 Å². The Hall–Kier alpha value is -0.380. The van der Waals surface area contributed by atoms with E-state index in [0.717, 1.165) is 12.3 Å². The Morgan fingerprint density at radius 1 is 1.80 bits per heavy atom. The topological polar surface area (TPSA) is 29.5 Å². The summed E-state index contributed by atoms with van der Waals surface area (Å²) >= 11 is 1.77. The first-order valence-corrected chi connectivity index (χ1v) is 4.27. The second-order valence-electron chi connectivity index (χ2n) is 2.13. The number of amides is 1. The number of nitrogens with zero attached hydrogens (tertiary/aromatic N) is 1. The van der Waals surface area contributed by atoms with E-state index in [4.69, 9.17) is 0 Å². The van der Waals surface area contributed by atoms with Crippen LogP contribution in [0.15, 0.2) is 0 Å². The van der Waals surface area contributed by atoms with Gasteiger partial charge in [0.25, 0.3) is 0 Å². The summed E-state index contributed by atoms with van der Waals surface area (Å²) in [4.78, 5) is 12.6. The van der Waals surface area contributed by atoms with Crippen molar-refractivity contribution in [3.63, 3.8) is 0 Å². The summed E-state index contributed by atoms with van der Waals surface area (Å²) < 4.78 is 4.58. The molecule has 3 nitrogen and oxygen atoms in total. The van der Waals surface area contributed by atoms with Crippen LogP contribution in [0.5, 0.6) is 0 Å². The summed E-state index contributed by atoms with van der Waals surface area (Å²) in [5.41, 5.74) is 0. The third kappa shape index (κ3) is 1.37. The quantitative estimate of drug-likeness (QED) is 0.533. The molecule has 0 aromatic rings. The molecular weight excluding hydrogens is 150 g/mol. The Balaban J connectivity index is 2.46. The molecule has 0 radical (unpaired) electrons. The second-order valence-corrected chi connectivity index (χ2v) is 3.56. The Kier molecular flexibility index (Phi) is 2.43. The molecule has 0 saturated carbocycles. The first-order chi connectivity index (χ1) is 4.75. The fraction of sp³-hybridized carbons (Fsp3) is 0.833. The van der Waals surface area contributed by atoms with Crippen molar-refractivity contribution < 1.29 is 9.53 Å². The average Bonchev–Trinajstić information content (AvgIpc) is 2.34. The largest absolute Gasteiger partial charge is 0.453 e. The number of carbonyl (C=O) groups excluding carboxylic acids is 1. The van der Waals surface area contributed by atoms with Crippen LogP contribution in [-0.4, -0.2) is 35.8 Å². The maximum atomic E-state index is 10.9. The van der Waals surface area contributed by atoms with Crippen LogP contribution in [0.25, 0.3) is 0 Å². The number of hydrogen-bond acceptors (Lipinski definition) is 3. The smallest absolute Gasteiger partial charge is 0.410 e. The van der Waals surface area contributed by atoms with Gasteiger partial charge in [0, 0.05) is 12.3 Å². The molecule has 1 amide bonds. The number of hydrogen-bond donors (Lipinski definition) is 0. The third-order valence-electron chi connectivity index (χ3n) is 1.54. The fourth-order valence-corrected chi connectivity index (χ4v) is 1.97. The van der Waals surface area contributed by atoms with Gasteiger partial charge in [-0.05, 0) is 6.92 Å². The lowest BCUT2D eigenvalue weighted by Gasteiger charge is -2.17. The normalized spacial score (nSPS) is 25.0. The monoisotopic (exact) mass is 161 g/mol. The van der Waals surface area contributed by atoms with Crippen LogP contribution in [-0.2, 0) is 4.74 Å². The number of thioether (sulfide) groups is 1. The molecule has 1 aliphatic rings. The van der Waals surface area contributed by atoms with Gasteiger partial charge >= 0.3 is 6.09 Å². The third-order valence-corrected chi connectivity index (χ3v) is 2.69. The highest BCUT2D eigenvalue weighted by Gasteiger charge is 2.25. The summed E-state index contributed by atoms with van der Waals surface area (Å²) in [5.74, 6) is 1.02. The molecule has 0 aromatic heterocycles. The molecule has 1 heterocycles. The molecule has 1 atom stereocenters. The van der Waals surface area contributed by atoms with E-state index in [0.29, 0.717) is 0 Å². The fourth-order valence-electron chi connectivity index (χ4n) is 0.950. The summed E-state index contributed by atoms with van der Waals surface area (Å²) in [7, 11) is 1.41. The Morgan fingerprint density at radius 3 is 2.90 bits per heavy atom. The predicted molar refractivity (Wildman–Crippen MR) is 41.0 cm³/mol. The molecular formula is C6H11NO2S. The van der Waals surface area contributed by atoms with E-state index in [1.165, 1.54) is 7.11 Å². The highest BCUT2D eigenvalue weighted by Crippen LogP contribution is 2.22. The van der Waals surface area contributed by atoms with Crippen LogP contribution >= 0.6 is 11.8 Å². The lowest BCUT2D eigenvalue weighted by Crippen LogP contribution is -2.32. The lowest BCUT2D eigenvalue weighted by molar-refractivity contribution is 0.127. The van der Waals surface area contributed by atoms with Gasteiger partial charge in [-0.3, -0.25) is 4.90 Å². The van der Waals surface area contributed by atoms with E-state index in [2.05, 4.69) is 4.74 Å². The molecule has 4 heteroatoms. The van der Waals surface area contributed by atoms with Gasteiger partial charge < -0.3 is 4.74 Å². The molecule has 1 saturated heterocycles. The number of rotatable bonds is 0. The predicted octanol–water partition coefficient (Wildman–Crippen LogP) is 1.15. The first-order valence-electron chi connectivity index (χ1n) is 3.22. The van der Waals surface area contributed by atoms with Gasteiger partial charge in [-0.15, -0.1) is 11.8 Å². The van der Waals surface area contributed by atoms with E-state index in [1.54, 1.807) is 16.7 Å². The number of ether oxygens (including phenoxy) is 1. The number of methoxy groups -OCH3 is 1. The van der Waals surface area contributed by atoms with Crippen molar-refractivity contribution in [1.29, 1.82) is 0 Å². The van der Waals surface area contributed by atoms with Crippen molar-refractivity contribution in [3.05, 3.63) is 0 Å². The van der Waals surface area contributed by atoms with Gasteiger partial charge in [-0.25, -0.2) is 4.79 Å². The van der Waals surface area contributed by atoms with Crippen LogP contribution < -0.4 is 0 Å². The van der Waals surface area contributed by atoms with Crippen molar-refractivity contribution in [2.75, 3.05) is 19.4 Å². The lowest BCUT2D eigenvalue weighted by atomic mass is 10.6. The molecule has 58 valence electrons. The van der Waals surface area contributed by atoms with Gasteiger partial charge in [0.15, 0.2) is 0 Å². The first kappa shape index (κ1) is 7.72. The second kappa shape index (κ2) is 3.14. The minimum atomic E-state index is -0.211. The van der Waals surface area contributed by atoms with Crippen molar-refractivity contribution in [1.82, 2.24) is 4.90 Å². The van der Waals surface area contributed by atoms with Crippen LogP contribution in [0.4, 0.5) is 4.79 Å². The summed E-state index contributed by atoms with van der Waals surface area (Å²) in [6.07, 6.45) is -0.211. The minimum Gasteiger partial charge on any atom is -0.453 e. The van der Waals surface area contributed by atoms with E-state index in [1.807, 2.05) is 6.92 Å². The van der Waals surface area contributed by atoms with Crippen molar-refractivity contribution >= 4 is 17.9 Å². The maximum absolute atomic E-state index is 10.9. The molecule has 0 unspecified atom stereocenters. The van der Waals surface area contributed by atoms with Crippen LogP contribution in [0.2, 0.25) is 0 Å². The Labute approximate surface area is 64.7 Å². The van der Waals surface area contributed by atoms with Crippen LogP contribution in [0.3, 0.4) is 0 Å². The Bertz CT molecular complexity index is 140. The van der Waals surface area contributed by atoms with Crippen molar-refractivity contribution in [2.24, 2.45) is 0 Å². The molecule has 1 rings (SSSR count). The summed E-state index contributed by atoms with van der Waals surface area (Å²) in [6, 6.07) is 0. The summed E-state index contributed by atoms with van der Waals surface area (Å²) in [6.45, 7) is 2.83. The zero-order valence-electron chi connectivity index (χ0n) is 6.16. The minimum absolute atomic E-state index is 0.211. The molecule has 10 heavy (non-hydrogen) atoms. The van der Waals surface area contributed by atoms with E-state index in [-0.39, 0.29) is 11.5 Å². The van der Waals surface area contributed by atoms with E-state index in [9.17, 15) is 4.79 Å². The molecule has 0 aliphatic carbocycles. The summed E-state index contributed by atoms with van der Waals surface area (Å²) in [5, 5.41) is 0.285. The standard InChI is InChI=1S/C6H11NO2S/c1-5-7(3-4-10-5)6(8)9-2/h5H,3-4H2,1-2H3/t5-/m1/s1. The van der Waals surface area contributed by atoms with Crippen molar-refractivity contribution in [3.8, 4) is 0 Å². The molecule has 1 aliphatic heterocycles. The van der Waals surface area contributed by atoms with E-state index < -0.39 is 0 Å². The molecule has 0 spiro atoms. The van der Waals surface area contributed by atoms with Gasteiger partial charge in [0.05, 0.1) is 12.5 Å². The molecule has 0 N–H and O–H groups in total. The van der Waals surface area contributed by atoms with Crippen LogP contribution in [0, 0.1) is 0 Å². The average molecular weight is 161 g/mol. The molecule has 0 bridgehead atoms. The van der Waals surface area contributed by atoms with E-state index >= 15 is 0 Å². The highest BCUT2D eigenvalue weighted by molar-refractivity contribution is 8.00. The van der Waals surface area contributed by atoms with Gasteiger partial charge in [0.1, 0.15) is 0 Å². The Morgan fingerprint density at radius 2 is 2.50 bits per heavy atom. The van der Waals surface area contributed by atoms with Gasteiger partial charge in [0.2, 0.25) is 0 Å². The zero-order chi connectivity index (χ0) is 7.56. The highest BCUT2D eigenvalue weighted by atomic mass is 32.2. The van der Waals surface area contributed by atoms with Crippen molar-refractivity contribution in [2.45, 2.75) is 12.3 Å². The maximum Gasteiger partial charge on any atom is 0.410 e. The van der Waals surface area contributed by atoms with Gasteiger partial charge in [-0.2, -0.15) is 0 Å². The molecule has 0 aromatic carbocycles. The molecule has 1 fully saturated rings. The van der Waals surface area contributed by atoms with Crippen LogP contribution in [0.1, 0.15) is 6.92 Å².